The van der Waals surface area contributed by atoms with Crippen LogP contribution in [-0.2, 0) is 0 Å². The molecule has 1 aromatic carbocycles. The molecule has 1 aromatic heterocycles. The lowest BCUT2D eigenvalue weighted by atomic mass is 9.96. The Kier molecular flexibility index (Phi) is 4.37. The highest BCUT2D eigenvalue weighted by Crippen LogP contribution is 2.33. The topological polar surface area (TPSA) is 19.0 Å². The minimum Gasteiger partial charge on any atom is -0.358 e. The molecule has 2 nitrogen and oxygen atoms in total. The van der Waals surface area contributed by atoms with E-state index in [1.807, 2.05) is 6.07 Å². The van der Waals surface area contributed by atoms with Crippen molar-refractivity contribution < 1.29 is 0 Å². The largest absolute Gasteiger partial charge is 0.358 e. The predicted molar refractivity (Wildman–Crippen MR) is 92.0 cm³/mol. The number of hydrogen-bond donors (Lipinski definition) is 1. The maximum absolute atomic E-state index is 6.18. The van der Waals surface area contributed by atoms with Crippen molar-refractivity contribution in [2.24, 2.45) is 0 Å². The van der Waals surface area contributed by atoms with Crippen LogP contribution >= 0.6 is 11.6 Å². The molecule has 0 aliphatic carbocycles. The van der Waals surface area contributed by atoms with Crippen LogP contribution in [0.25, 0.3) is 16.5 Å². The van der Waals surface area contributed by atoms with Crippen LogP contribution in [-0.4, -0.2) is 29.5 Å². The molecule has 0 unspecified atom stereocenters. The van der Waals surface area contributed by atoms with Crippen molar-refractivity contribution in [1.29, 1.82) is 0 Å². The number of fused-ring (bicyclic) bond motifs is 1. The average Bonchev–Trinajstić information content (AvgIpc) is 2.81. The number of aromatic amines is 1. The number of unbranched alkanes of at least 4 members (excludes halogenated alkanes) is 1. The third-order valence-electron chi connectivity index (χ3n) is 4.39. The SMILES string of the molecule is CCCCN1CC=C(c2c(C)[nH]c3ccc(Cl)cc23)CC1. The molecule has 0 saturated carbocycles. The van der Waals surface area contributed by atoms with E-state index in [2.05, 4.69) is 41.9 Å². The summed E-state index contributed by atoms with van der Waals surface area (Å²) in [5.41, 5.74) is 5.26. The van der Waals surface area contributed by atoms with Gasteiger partial charge in [0.15, 0.2) is 0 Å². The van der Waals surface area contributed by atoms with Gasteiger partial charge < -0.3 is 4.98 Å². The zero-order valence-electron chi connectivity index (χ0n) is 12.9. The second-order valence-electron chi connectivity index (χ2n) is 5.95. The minimum atomic E-state index is 0.809. The highest BCUT2D eigenvalue weighted by atomic mass is 35.5. The third-order valence-corrected chi connectivity index (χ3v) is 4.63. The molecular weight excluding hydrogens is 280 g/mol. The molecular formula is C18H23ClN2. The van der Waals surface area contributed by atoms with Crippen molar-refractivity contribution in [2.45, 2.75) is 33.1 Å². The van der Waals surface area contributed by atoms with E-state index in [4.69, 9.17) is 11.6 Å². The summed E-state index contributed by atoms with van der Waals surface area (Å²) in [7, 11) is 0. The molecule has 21 heavy (non-hydrogen) atoms. The van der Waals surface area contributed by atoms with E-state index in [-0.39, 0.29) is 0 Å². The van der Waals surface area contributed by atoms with Gasteiger partial charge in [-0.15, -0.1) is 0 Å². The lowest BCUT2D eigenvalue weighted by molar-refractivity contribution is 0.297. The van der Waals surface area contributed by atoms with E-state index in [1.165, 1.54) is 53.7 Å². The van der Waals surface area contributed by atoms with Crippen LogP contribution in [0.1, 0.15) is 37.4 Å². The van der Waals surface area contributed by atoms with Gasteiger partial charge in [0.25, 0.3) is 0 Å². The van der Waals surface area contributed by atoms with Gasteiger partial charge in [-0.2, -0.15) is 0 Å². The second-order valence-corrected chi connectivity index (χ2v) is 6.38. The van der Waals surface area contributed by atoms with E-state index in [0.717, 1.165) is 18.0 Å². The molecule has 2 aromatic rings. The Morgan fingerprint density at radius 2 is 2.19 bits per heavy atom. The Bertz CT molecular complexity index is 669. The van der Waals surface area contributed by atoms with Gasteiger partial charge in [-0.3, -0.25) is 4.90 Å². The summed E-state index contributed by atoms with van der Waals surface area (Å²) in [6.45, 7) is 7.87. The van der Waals surface area contributed by atoms with Crippen molar-refractivity contribution in [3.05, 3.63) is 40.6 Å². The van der Waals surface area contributed by atoms with Crippen LogP contribution in [0.2, 0.25) is 5.02 Å². The molecule has 1 aliphatic heterocycles. The van der Waals surface area contributed by atoms with Gasteiger partial charge in [-0.05, 0) is 50.1 Å². The van der Waals surface area contributed by atoms with E-state index in [9.17, 15) is 0 Å². The number of halogens is 1. The molecule has 1 N–H and O–H groups in total. The summed E-state index contributed by atoms with van der Waals surface area (Å²) in [6, 6.07) is 6.11. The highest BCUT2D eigenvalue weighted by molar-refractivity contribution is 6.31. The Labute approximate surface area is 131 Å². The molecule has 0 radical (unpaired) electrons. The summed E-state index contributed by atoms with van der Waals surface area (Å²) >= 11 is 6.18. The number of aryl methyl sites for hydroxylation is 1. The van der Waals surface area contributed by atoms with Crippen LogP contribution in [0.5, 0.6) is 0 Å². The number of rotatable bonds is 4. The zero-order valence-corrected chi connectivity index (χ0v) is 13.6. The quantitative estimate of drug-likeness (QED) is 0.840. The fraction of sp³-hybridized carbons (Fsp3) is 0.444. The molecule has 2 heterocycles. The van der Waals surface area contributed by atoms with E-state index < -0.39 is 0 Å². The normalized spacial score (nSPS) is 16.4. The standard InChI is InChI=1S/C18H23ClN2/c1-3-4-9-21-10-7-14(8-11-21)18-13(2)20-17-6-5-15(19)12-16(17)18/h5-7,12,20H,3-4,8-11H2,1-2H3. The van der Waals surface area contributed by atoms with Crippen LogP contribution in [0, 0.1) is 6.92 Å². The highest BCUT2D eigenvalue weighted by Gasteiger charge is 2.17. The summed E-state index contributed by atoms with van der Waals surface area (Å²) in [4.78, 5) is 6.03. The smallest absolute Gasteiger partial charge is 0.0463 e. The van der Waals surface area contributed by atoms with Crippen LogP contribution in [0.15, 0.2) is 24.3 Å². The fourth-order valence-electron chi connectivity index (χ4n) is 3.24. The van der Waals surface area contributed by atoms with E-state index in [0.29, 0.717) is 0 Å². The number of nitrogens with one attached hydrogen (secondary N) is 1. The van der Waals surface area contributed by atoms with Gasteiger partial charge in [0, 0.05) is 40.3 Å². The van der Waals surface area contributed by atoms with Crippen LogP contribution < -0.4 is 0 Å². The van der Waals surface area contributed by atoms with Crippen LogP contribution in [0.3, 0.4) is 0 Å². The minimum absolute atomic E-state index is 0.809. The number of nitrogens with zero attached hydrogens (tertiary/aromatic N) is 1. The molecule has 3 rings (SSSR count). The number of H-pyrrole nitrogens is 1. The van der Waals surface area contributed by atoms with Gasteiger partial charge in [0.05, 0.1) is 0 Å². The lowest BCUT2D eigenvalue weighted by Gasteiger charge is -2.26. The molecule has 0 spiro atoms. The molecule has 0 saturated heterocycles. The Morgan fingerprint density at radius 1 is 1.33 bits per heavy atom. The van der Waals surface area contributed by atoms with Gasteiger partial charge in [-0.1, -0.05) is 31.0 Å². The molecule has 0 bridgehead atoms. The first kappa shape index (κ1) is 14.7. The van der Waals surface area contributed by atoms with Gasteiger partial charge in [0.1, 0.15) is 0 Å². The summed E-state index contributed by atoms with van der Waals surface area (Å²) in [6.07, 6.45) is 6.09. The lowest BCUT2D eigenvalue weighted by Crippen LogP contribution is -2.29. The maximum atomic E-state index is 6.18. The summed E-state index contributed by atoms with van der Waals surface area (Å²) in [5.74, 6) is 0. The van der Waals surface area contributed by atoms with E-state index >= 15 is 0 Å². The van der Waals surface area contributed by atoms with Crippen molar-refractivity contribution >= 4 is 28.1 Å². The van der Waals surface area contributed by atoms with Crippen molar-refractivity contribution in [3.8, 4) is 0 Å². The second kappa shape index (κ2) is 6.25. The first-order valence-electron chi connectivity index (χ1n) is 7.88. The summed E-state index contributed by atoms with van der Waals surface area (Å²) < 4.78 is 0. The van der Waals surface area contributed by atoms with Gasteiger partial charge in [-0.25, -0.2) is 0 Å². The molecule has 1 aliphatic rings. The third kappa shape index (κ3) is 3.02. The average molecular weight is 303 g/mol. The zero-order chi connectivity index (χ0) is 14.8. The number of benzene rings is 1. The molecule has 0 amide bonds. The molecule has 112 valence electrons. The van der Waals surface area contributed by atoms with E-state index in [1.54, 1.807) is 0 Å². The number of hydrogen-bond acceptors (Lipinski definition) is 1. The van der Waals surface area contributed by atoms with Crippen LogP contribution in [0.4, 0.5) is 0 Å². The van der Waals surface area contributed by atoms with Gasteiger partial charge >= 0.3 is 0 Å². The van der Waals surface area contributed by atoms with Crippen molar-refractivity contribution in [1.82, 2.24) is 9.88 Å². The van der Waals surface area contributed by atoms with Crippen molar-refractivity contribution in [3.63, 3.8) is 0 Å². The molecule has 3 heteroatoms. The van der Waals surface area contributed by atoms with Crippen molar-refractivity contribution in [2.75, 3.05) is 19.6 Å². The summed E-state index contributed by atoms with van der Waals surface area (Å²) in [5, 5.41) is 2.07. The Balaban J connectivity index is 1.89. The Morgan fingerprint density at radius 3 is 2.90 bits per heavy atom. The number of aromatic nitrogens is 1. The van der Waals surface area contributed by atoms with Gasteiger partial charge in [0.2, 0.25) is 0 Å². The molecule has 0 atom stereocenters. The molecule has 0 fully saturated rings. The predicted octanol–water partition coefficient (Wildman–Crippen LogP) is 5.02. The monoisotopic (exact) mass is 302 g/mol. The fourth-order valence-corrected chi connectivity index (χ4v) is 3.41. The first-order valence-corrected chi connectivity index (χ1v) is 8.26. The maximum Gasteiger partial charge on any atom is 0.0463 e. The first-order chi connectivity index (χ1) is 10.2. The Hall–Kier alpha value is -1.25.